The van der Waals surface area contributed by atoms with Crippen molar-refractivity contribution in [2.75, 3.05) is 19.6 Å². The van der Waals surface area contributed by atoms with Crippen LogP contribution in [0, 0.1) is 5.92 Å². The Morgan fingerprint density at radius 3 is 2.54 bits per heavy atom. The first kappa shape index (κ1) is 16.9. The highest BCUT2D eigenvalue weighted by Crippen LogP contribution is 2.16. The lowest BCUT2D eigenvalue weighted by Gasteiger charge is -2.31. The van der Waals surface area contributed by atoms with Gasteiger partial charge in [0, 0.05) is 20.6 Å². The molecular formula is C16H25N5O3. The van der Waals surface area contributed by atoms with Crippen molar-refractivity contribution in [3.05, 3.63) is 27.2 Å². The summed E-state index contributed by atoms with van der Waals surface area (Å²) in [7, 11) is 3.04. The normalized spacial score (nSPS) is 18.3. The van der Waals surface area contributed by atoms with Crippen LogP contribution >= 0.6 is 0 Å². The molecule has 1 atom stereocenters. The summed E-state index contributed by atoms with van der Waals surface area (Å²) in [4.78, 5) is 30.8. The first-order chi connectivity index (χ1) is 11.4. The molecule has 1 fully saturated rings. The van der Waals surface area contributed by atoms with Crippen molar-refractivity contribution >= 4 is 11.2 Å². The van der Waals surface area contributed by atoms with Crippen LogP contribution in [0.3, 0.4) is 0 Å². The van der Waals surface area contributed by atoms with Crippen LogP contribution in [0.2, 0.25) is 0 Å². The van der Waals surface area contributed by atoms with Gasteiger partial charge in [-0.2, -0.15) is 0 Å². The molecule has 1 N–H and O–H groups in total. The van der Waals surface area contributed by atoms with Gasteiger partial charge in [0.2, 0.25) is 0 Å². The van der Waals surface area contributed by atoms with Crippen LogP contribution in [0.25, 0.3) is 11.2 Å². The van der Waals surface area contributed by atoms with E-state index in [1.165, 1.54) is 17.9 Å². The van der Waals surface area contributed by atoms with Crippen molar-refractivity contribution in [3.63, 3.8) is 0 Å². The van der Waals surface area contributed by atoms with Gasteiger partial charge in [0.15, 0.2) is 11.2 Å². The highest BCUT2D eigenvalue weighted by Gasteiger charge is 2.20. The molecule has 0 spiro atoms. The summed E-state index contributed by atoms with van der Waals surface area (Å²) < 4.78 is 4.07. The van der Waals surface area contributed by atoms with E-state index < -0.39 is 11.8 Å². The molecule has 0 aliphatic carbocycles. The number of aliphatic hydroxyl groups is 1. The number of rotatable bonds is 4. The van der Waals surface area contributed by atoms with Crippen LogP contribution in [0.1, 0.15) is 19.8 Å². The minimum absolute atomic E-state index is 0.288. The van der Waals surface area contributed by atoms with Crippen LogP contribution in [0.4, 0.5) is 0 Å². The molecule has 8 heteroatoms. The van der Waals surface area contributed by atoms with Crippen LogP contribution in [-0.2, 0) is 20.6 Å². The van der Waals surface area contributed by atoms with Gasteiger partial charge in [-0.25, -0.2) is 9.78 Å². The first-order valence-electron chi connectivity index (χ1n) is 8.39. The number of likely N-dealkylation sites (tertiary alicyclic amines) is 1. The van der Waals surface area contributed by atoms with Crippen LogP contribution in [0.15, 0.2) is 15.9 Å². The molecule has 1 aliphatic heterocycles. The van der Waals surface area contributed by atoms with Crippen molar-refractivity contribution in [2.24, 2.45) is 20.0 Å². The lowest BCUT2D eigenvalue weighted by molar-refractivity contribution is 0.0808. The SMILES string of the molecule is CC1CCN(C[C@H](O)Cn2cnc3c2c(=O)n(C)c(=O)n3C)CC1. The number of piperidine rings is 1. The van der Waals surface area contributed by atoms with E-state index >= 15 is 0 Å². The minimum Gasteiger partial charge on any atom is -0.390 e. The Kier molecular flexibility index (Phi) is 4.60. The maximum absolute atomic E-state index is 12.4. The first-order valence-corrected chi connectivity index (χ1v) is 8.39. The van der Waals surface area contributed by atoms with Crippen LogP contribution in [-0.4, -0.2) is 54.4 Å². The summed E-state index contributed by atoms with van der Waals surface area (Å²) in [5.41, 5.74) is -0.0849. The Hall–Kier alpha value is -1.93. The van der Waals surface area contributed by atoms with Crippen LogP contribution < -0.4 is 11.2 Å². The van der Waals surface area contributed by atoms with Gasteiger partial charge in [0.05, 0.1) is 19.0 Å². The molecular weight excluding hydrogens is 310 g/mol. The van der Waals surface area contributed by atoms with Crippen molar-refractivity contribution in [1.82, 2.24) is 23.6 Å². The molecule has 24 heavy (non-hydrogen) atoms. The van der Waals surface area contributed by atoms with E-state index in [0.717, 1.165) is 36.4 Å². The van der Waals surface area contributed by atoms with Gasteiger partial charge in [-0.05, 0) is 31.8 Å². The van der Waals surface area contributed by atoms with Crippen molar-refractivity contribution in [1.29, 1.82) is 0 Å². The molecule has 1 saturated heterocycles. The Morgan fingerprint density at radius 2 is 1.88 bits per heavy atom. The predicted molar refractivity (Wildman–Crippen MR) is 91.1 cm³/mol. The second-order valence-corrected chi connectivity index (χ2v) is 6.91. The van der Waals surface area contributed by atoms with Gasteiger partial charge in [-0.1, -0.05) is 6.92 Å². The minimum atomic E-state index is -0.585. The molecule has 0 bridgehead atoms. The van der Waals surface area contributed by atoms with E-state index in [9.17, 15) is 14.7 Å². The van der Waals surface area contributed by atoms with Crippen molar-refractivity contribution in [2.45, 2.75) is 32.4 Å². The lowest BCUT2D eigenvalue weighted by atomic mass is 9.99. The topological polar surface area (TPSA) is 85.3 Å². The van der Waals surface area contributed by atoms with E-state index in [1.54, 1.807) is 11.6 Å². The number of aromatic nitrogens is 4. The van der Waals surface area contributed by atoms with E-state index in [0.29, 0.717) is 17.7 Å². The summed E-state index contributed by atoms with van der Waals surface area (Å²) in [5.74, 6) is 0.750. The zero-order valence-electron chi connectivity index (χ0n) is 14.5. The third-order valence-electron chi connectivity index (χ3n) is 4.97. The second kappa shape index (κ2) is 6.52. The molecule has 2 aromatic heterocycles. The molecule has 0 amide bonds. The average molecular weight is 335 g/mol. The fourth-order valence-corrected chi connectivity index (χ4v) is 3.36. The predicted octanol–water partition coefficient (Wildman–Crippen LogP) is -0.473. The highest BCUT2D eigenvalue weighted by molar-refractivity contribution is 5.69. The Balaban J connectivity index is 1.80. The number of aliphatic hydroxyl groups excluding tert-OH is 1. The molecule has 8 nitrogen and oxygen atoms in total. The zero-order chi connectivity index (χ0) is 17.4. The molecule has 1 aliphatic rings. The summed E-state index contributed by atoms with van der Waals surface area (Å²) in [6, 6.07) is 0. The fraction of sp³-hybridized carbons (Fsp3) is 0.688. The molecule has 132 valence electrons. The number of aryl methyl sites for hydroxylation is 1. The van der Waals surface area contributed by atoms with E-state index in [4.69, 9.17) is 0 Å². The highest BCUT2D eigenvalue weighted by atomic mass is 16.3. The smallest absolute Gasteiger partial charge is 0.332 e. The number of imidazole rings is 1. The summed E-state index contributed by atoms with van der Waals surface area (Å²) in [5, 5.41) is 10.4. The molecule has 0 unspecified atom stereocenters. The van der Waals surface area contributed by atoms with Gasteiger partial charge in [-0.3, -0.25) is 13.9 Å². The monoisotopic (exact) mass is 335 g/mol. The summed E-state index contributed by atoms with van der Waals surface area (Å²) >= 11 is 0. The molecule has 2 aromatic rings. The van der Waals surface area contributed by atoms with Crippen molar-refractivity contribution < 1.29 is 5.11 Å². The largest absolute Gasteiger partial charge is 0.390 e. The maximum atomic E-state index is 12.4. The number of hydrogen-bond donors (Lipinski definition) is 1. The summed E-state index contributed by atoms with van der Waals surface area (Å²) in [6.07, 6.45) is 3.25. The van der Waals surface area contributed by atoms with Gasteiger partial charge < -0.3 is 14.6 Å². The van der Waals surface area contributed by atoms with Gasteiger partial charge >= 0.3 is 5.69 Å². The Bertz CT molecular complexity index is 842. The second-order valence-electron chi connectivity index (χ2n) is 6.91. The fourth-order valence-electron chi connectivity index (χ4n) is 3.36. The molecule has 3 rings (SSSR count). The zero-order valence-corrected chi connectivity index (χ0v) is 14.5. The molecule has 3 heterocycles. The van der Waals surface area contributed by atoms with Gasteiger partial charge in [-0.15, -0.1) is 0 Å². The molecule has 0 aromatic carbocycles. The Labute approximate surface area is 139 Å². The van der Waals surface area contributed by atoms with E-state index in [-0.39, 0.29) is 12.1 Å². The number of fused-ring (bicyclic) bond motifs is 1. The number of β-amino-alcohol motifs (C(OH)–C–C–N with tert-alkyl or cyclic N) is 1. The van der Waals surface area contributed by atoms with Crippen molar-refractivity contribution in [3.8, 4) is 0 Å². The Morgan fingerprint density at radius 1 is 1.21 bits per heavy atom. The van der Waals surface area contributed by atoms with E-state index in [1.807, 2.05) is 0 Å². The standard InChI is InChI=1S/C16H25N5O3/c1-11-4-6-20(7-5-11)8-12(22)9-21-10-17-14-13(21)15(23)19(3)16(24)18(14)2/h10-12,22H,4-9H2,1-3H3/t12-/m0/s1. The van der Waals surface area contributed by atoms with E-state index in [2.05, 4.69) is 16.8 Å². The molecule has 0 saturated carbocycles. The quantitative estimate of drug-likeness (QED) is 0.816. The van der Waals surface area contributed by atoms with Gasteiger partial charge in [0.25, 0.3) is 5.56 Å². The number of hydrogen-bond acceptors (Lipinski definition) is 5. The third kappa shape index (κ3) is 3.03. The van der Waals surface area contributed by atoms with Gasteiger partial charge in [0.1, 0.15) is 0 Å². The average Bonchev–Trinajstić information content (AvgIpc) is 2.96. The lowest BCUT2D eigenvalue weighted by Crippen LogP contribution is -2.40. The third-order valence-corrected chi connectivity index (χ3v) is 4.97. The summed E-state index contributed by atoms with van der Waals surface area (Å²) in [6.45, 7) is 5.12. The molecule has 0 radical (unpaired) electrons. The maximum Gasteiger partial charge on any atom is 0.332 e. The number of nitrogens with zero attached hydrogens (tertiary/aromatic N) is 5. The van der Waals surface area contributed by atoms with Crippen LogP contribution in [0.5, 0.6) is 0 Å².